The van der Waals surface area contributed by atoms with Crippen LogP contribution in [0.4, 0.5) is 0 Å². The second kappa shape index (κ2) is 7.15. The molecule has 0 aliphatic carbocycles. The van der Waals surface area contributed by atoms with Gasteiger partial charge in [0.15, 0.2) is 5.52 Å². The largest absolute Gasteiger partial charge is 0.463 e. The van der Waals surface area contributed by atoms with Gasteiger partial charge in [-0.05, 0) is 49.8 Å². The van der Waals surface area contributed by atoms with Crippen LogP contribution < -0.4 is 5.56 Å². The van der Waals surface area contributed by atoms with Gasteiger partial charge in [-0.1, -0.05) is 23.8 Å². The molecular weight excluding hydrogens is 354 g/mol. The number of pyridine rings is 1. The van der Waals surface area contributed by atoms with Crippen molar-refractivity contribution in [3.05, 3.63) is 76.2 Å². The summed E-state index contributed by atoms with van der Waals surface area (Å²) in [5.41, 5.74) is 3.73. The highest BCUT2D eigenvalue weighted by molar-refractivity contribution is 6.04. The van der Waals surface area contributed by atoms with E-state index in [1.807, 2.05) is 55.6 Å². The van der Waals surface area contributed by atoms with E-state index >= 15 is 0 Å². The van der Waals surface area contributed by atoms with Gasteiger partial charge in [0, 0.05) is 28.6 Å². The minimum Gasteiger partial charge on any atom is -0.463 e. The number of rotatable bonds is 4. The third-order valence-corrected chi connectivity index (χ3v) is 4.51. The molecule has 0 saturated heterocycles. The Morgan fingerprint density at radius 1 is 1.18 bits per heavy atom. The molecule has 4 rings (SSSR count). The molecule has 0 radical (unpaired) electrons. The zero-order valence-electron chi connectivity index (χ0n) is 15.6. The van der Waals surface area contributed by atoms with E-state index in [4.69, 9.17) is 4.74 Å². The molecule has 0 amide bonds. The standard InChI is InChI=1S/C22H19N3O3/c1-3-28-20(26)11-7-15-6-10-19-17(12-15)18-13-25(24-21(18)22(27)23-19)16-8-4-14(2)5-9-16/h4-13H,3H2,1-2H3,(H,23,27)/b11-7+. The Kier molecular flexibility index (Phi) is 4.53. The Balaban J connectivity index is 1.84. The lowest BCUT2D eigenvalue weighted by Crippen LogP contribution is -2.07. The summed E-state index contributed by atoms with van der Waals surface area (Å²) in [6, 6.07) is 13.5. The molecule has 2 aromatic carbocycles. The molecule has 0 bridgehead atoms. The van der Waals surface area contributed by atoms with Crippen molar-refractivity contribution in [2.24, 2.45) is 0 Å². The van der Waals surface area contributed by atoms with E-state index in [0.29, 0.717) is 17.6 Å². The molecule has 0 unspecified atom stereocenters. The number of H-pyrrole nitrogens is 1. The van der Waals surface area contributed by atoms with E-state index in [1.165, 1.54) is 6.08 Å². The molecule has 6 nitrogen and oxygen atoms in total. The quantitative estimate of drug-likeness (QED) is 0.437. The summed E-state index contributed by atoms with van der Waals surface area (Å²) in [6.07, 6.45) is 4.94. The summed E-state index contributed by atoms with van der Waals surface area (Å²) < 4.78 is 6.62. The predicted molar refractivity (Wildman–Crippen MR) is 110 cm³/mol. The van der Waals surface area contributed by atoms with E-state index in [9.17, 15) is 9.59 Å². The van der Waals surface area contributed by atoms with Crippen molar-refractivity contribution in [3.63, 3.8) is 0 Å². The number of hydrogen-bond acceptors (Lipinski definition) is 4. The number of fused-ring (bicyclic) bond motifs is 3. The third kappa shape index (κ3) is 3.32. The molecule has 0 atom stereocenters. The van der Waals surface area contributed by atoms with Crippen molar-refractivity contribution >= 4 is 33.9 Å². The Bertz CT molecular complexity index is 1260. The lowest BCUT2D eigenvalue weighted by molar-refractivity contribution is -0.137. The van der Waals surface area contributed by atoms with Crippen LogP contribution in [0.1, 0.15) is 18.1 Å². The monoisotopic (exact) mass is 373 g/mol. The van der Waals surface area contributed by atoms with Crippen LogP contribution in [0.5, 0.6) is 0 Å². The van der Waals surface area contributed by atoms with Gasteiger partial charge in [0.05, 0.1) is 12.3 Å². The number of hydrogen-bond donors (Lipinski definition) is 1. The number of aryl methyl sites for hydroxylation is 1. The van der Waals surface area contributed by atoms with E-state index in [-0.39, 0.29) is 11.5 Å². The van der Waals surface area contributed by atoms with Crippen molar-refractivity contribution in [2.75, 3.05) is 6.61 Å². The fourth-order valence-electron chi connectivity index (χ4n) is 3.10. The zero-order valence-corrected chi connectivity index (χ0v) is 15.6. The topological polar surface area (TPSA) is 77.0 Å². The van der Waals surface area contributed by atoms with Crippen molar-refractivity contribution in [1.82, 2.24) is 14.8 Å². The molecule has 2 aromatic heterocycles. The summed E-state index contributed by atoms with van der Waals surface area (Å²) in [6.45, 7) is 4.12. The van der Waals surface area contributed by atoms with E-state index in [2.05, 4.69) is 10.1 Å². The van der Waals surface area contributed by atoms with Gasteiger partial charge in [0.1, 0.15) is 0 Å². The van der Waals surface area contributed by atoms with E-state index in [0.717, 1.165) is 27.6 Å². The van der Waals surface area contributed by atoms with Crippen molar-refractivity contribution in [1.29, 1.82) is 0 Å². The zero-order chi connectivity index (χ0) is 19.7. The van der Waals surface area contributed by atoms with Crippen molar-refractivity contribution in [3.8, 4) is 5.69 Å². The lowest BCUT2D eigenvalue weighted by Gasteiger charge is -2.01. The lowest BCUT2D eigenvalue weighted by atomic mass is 10.1. The molecule has 28 heavy (non-hydrogen) atoms. The Morgan fingerprint density at radius 2 is 1.96 bits per heavy atom. The van der Waals surface area contributed by atoms with Crippen LogP contribution in [-0.4, -0.2) is 27.3 Å². The Morgan fingerprint density at radius 3 is 2.71 bits per heavy atom. The molecule has 0 aliphatic rings. The van der Waals surface area contributed by atoms with Gasteiger partial charge in [-0.15, -0.1) is 0 Å². The summed E-state index contributed by atoms with van der Waals surface area (Å²) in [4.78, 5) is 26.9. The average Bonchev–Trinajstić information content (AvgIpc) is 3.14. The second-order valence-electron chi connectivity index (χ2n) is 6.52. The van der Waals surface area contributed by atoms with E-state index in [1.54, 1.807) is 17.7 Å². The van der Waals surface area contributed by atoms with Gasteiger partial charge in [-0.25, -0.2) is 9.48 Å². The maximum absolute atomic E-state index is 12.5. The Hall–Kier alpha value is -3.67. The first-order valence-electron chi connectivity index (χ1n) is 9.02. The van der Waals surface area contributed by atoms with Gasteiger partial charge in [0.25, 0.3) is 5.56 Å². The number of esters is 1. The number of aromatic nitrogens is 3. The molecule has 6 heteroatoms. The van der Waals surface area contributed by atoms with Crippen molar-refractivity contribution in [2.45, 2.75) is 13.8 Å². The van der Waals surface area contributed by atoms with Gasteiger partial charge < -0.3 is 9.72 Å². The third-order valence-electron chi connectivity index (χ3n) is 4.51. The molecule has 1 N–H and O–H groups in total. The normalized spacial score (nSPS) is 11.5. The van der Waals surface area contributed by atoms with Crippen LogP contribution in [0.2, 0.25) is 0 Å². The number of nitrogens with zero attached hydrogens (tertiary/aromatic N) is 2. The van der Waals surface area contributed by atoms with Crippen LogP contribution in [-0.2, 0) is 9.53 Å². The molecule has 0 aliphatic heterocycles. The number of ether oxygens (including phenoxy) is 1. The molecule has 0 fully saturated rings. The highest BCUT2D eigenvalue weighted by Crippen LogP contribution is 2.23. The summed E-state index contributed by atoms with van der Waals surface area (Å²) >= 11 is 0. The van der Waals surface area contributed by atoms with Crippen molar-refractivity contribution < 1.29 is 9.53 Å². The number of carbonyl (C=O) groups excluding carboxylic acids is 1. The van der Waals surface area contributed by atoms with Crippen LogP contribution in [0.3, 0.4) is 0 Å². The van der Waals surface area contributed by atoms with Gasteiger partial charge >= 0.3 is 5.97 Å². The summed E-state index contributed by atoms with van der Waals surface area (Å²) in [5, 5.41) is 6.09. The maximum Gasteiger partial charge on any atom is 0.330 e. The van der Waals surface area contributed by atoms with E-state index < -0.39 is 0 Å². The molecule has 0 spiro atoms. The highest BCUT2D eigenvalue weighted by atomic mass is 16.5. The average molecular weight is 373 g/mol. The number of nitrogens with one attached hydrogen (secondary N) is 1. The first kappa shape index (κ1) is 17.7. The number of benzene rings is 2. The summed E-state index contributed by atoms with van der Waals surface area (Å²) in [7, 11) is 0. The van der Waals surface area contributed by atoms with Crippen LogP contribution >= 0.6 is 0 Å². The molecule has 0 saturated carbocycles. The molecule has 2 heterocycles. The van der Waals surface area contributed by atoms with Crippen LogP contribution in [0.15, 0.2) is 59.5 Å². The van der Waals surface area contributed by atoms with Gasteiger partial charge in [0.2, 0.25) is 0 Å². The van der Waals surface area contributed by atoms with Gasteiger partial charge in [-0.3, -0.25) is 4.79 Å². The number of carbonyl (C=O) groups is 1. The van der Waals surface area contributed by atoms with Gasteiger partial charge in [-0.2, -0.15) is 5.10 Å². The fourth-order valence-corrected chi connectivity index (χ4v) is 3.10. The molecular formula is C22H19N3O3. The maximum atomic E-state index is 12.5. The highest BCUT2D eigenvalue weighted by Gasteiger charge is 2.11. The van der Waals surface area contributed by atoms with Crippen LogP contribution in [0.25, 0.3) is 33.6 Å². The minimum atomic E-state index is -0.388. The smallest absolute Gasteiger partial charge is 0.330 e. The Labute approximate surface area is 161 Å². The molecule has 4 aromatic rings. The summed E-state index contributed by atoms with van der Waals surface area (Å²) in [5.74, 6) is -0.388. The number of aromatic amines is 1. The first-order chi connectivity index (χ1) is 13.5. The second-order valence-corrected chi connectivity index (χ2v) is 6.52. The minimum absolute atomic E-state index is 0.233. The fraction of sp³-hybridized carbons (Fsp3) is 0.136. The first-order valence-corrected chi connectivity index (χ1v) is 9.02. The predicted octanol–water partition coefficient (Wildman–Crippen LogP) is 3.75. The van der Waals surface area contributed by atoms with Crippen LogP contribution in [0, 0.1) is 6.92 Å². The molecule has 140 valence electrons. The SMILES string of the molecule is CCOC(=O)/C=C/c1ccc2[nH]c(=O)c3nn(-c4ccc(C)cc4)cc3c2c1.